The quantitative estimate of drug-likeness (QED) is 0.784. The van der Waals surface area contributed by atoms with E-state index >= 15 is 0 Å². The van der Waals surface area contributed by atoms with Crippen molar-refractivity contribution in [2.75, 3.05) is 6.54 Å². The van der Waals surface area contributed by atoms with Crippen molar-refractivity contribution in [1.82, 2.24) is 4.90 Å². The Hall–Kier alpha value is -1.07. The Kier molecular flexibility index (Phi) is 3.06. The monoisotopic (exact) mass is 299 g/mol. The lowest BCUT2D eigenvalue weighted by atomic mass is 9.99. The van der Waals surface area contributed by atoms with E-state index in [2.05, 4.69) is 0 Å². The molecule has 2 aliphatic rings. The summed E-state index contributed by atoms with van der Waals surface area (Å²) in [4.78, 5) is 14.0. The van der Waals surface area contributed by atoms with Crippen molar-refractivity contribution in [1.29, 1.82) is 0 Å². The number of halogens is 1. The number of carbonyl (C=O) groups excluding carboxylic acids is 1. The average Bonchev–Trinajstić information content (AvgIpc) is 3.20. The Morgan fingerprint density at radius 1 is 1.26 bits per heavy atom. The van der Waals surface area contributed by atoms with Crippen molar-refractivity contribution < 1.29 is 13.2 Å². The maximum Gasteiger partial charge on any atom is 0.261 e. The molecule has 0 unspecified atom stereocenters. The van der Waals surface area contributed by atoms with Crippen LogP contribution in [0, 0.1) is 5.92 Å². The fourth-order valence-electron chi connectivity index (χ4n) is 2.46. The van der Waals surface area contributed by atoms with Gasteiger partial charge in [-0.1, -0.05) is 6.07 Å². The van der Waals surface area contributed by atoms with Crippen LogP contribution in [0.1, 0.15) is 24.0 Å². The van der Waals surface area contributed by atoms with Crippen molar-refractivity contribution in [2.24, 2.45) is 5.92 Å². The molecule has 0 atom stereocenters. The molecule has 102 valence electrons. The van der Waals surface area contributed by atoms with Crippen LogP contribution in [-0.4, -0.2) is 25.8 Å². The highest BCUT2D eigenvalue weighted by molar-refractivity contribution is 8.13. The molecule has 0 bridgehead atoms. The van der Waals surface area contributed by atoms with E-state index in [1.807, 2.05) is 4.90 Å². The topological polar surface area (TPSA) is 54.5 Å². The Morgan fingerprint density at radius 3 is 2.63 bits per heavy atom. The molecule has 0 N–H and O–H groups in total. The number of hydrogen-bond acceptors (Lipinski definition) is 3. The van der Waals surface area contributed by atoms with Crippen LogP contribution < -0.4 is 0 Å². The molecule has 1 aliphatic carbocycles. The predicted octanol–water partition coefficient (Wildman–Crippen LogP) is 1.91. The van der Waals surface area contributed by atoms with Gasteiger partial charge in [-0.2, -0.15) is 0 Å². The lowest BCUT2D eigenvalue weighted by molar-refractivity contribution is -0.133. The van der Waals surface area contributed by atoms with Crippen LogP contribution in [0.2, 0.25) is 0 Å². The van der Waals surface area contributed by atoms with E-state index in [0.29, 0.717) is 19.5 Å². The molecule has 1 fully saturated rings. The second kappa shape index (κ2) is 4.49. The van der Waals surface area contributed by atoms with E-state index in [0.717, 1.165) is 24.0 Å². The van der Waals surface area contributed by atoms with E-state index in [4.69, 9.17) is 10.7 Å². The second-order valence-electron chi connectivity index (χ2n) is 5.15. The first-order valence-electron chi connectivity index (χ1n) is 6.30. The normalized spacial score (nSPS) is 19.1. The Labute approximate surface area is 116 Å². The van der Waals surface area contributed by atoms with E-state index in [9.17, 15) is 13.2 Å². The zero-order valence-corrected chi connectivity index (χ0v) is 11.9. The third-order valence-corrected chi connectivity index (χ3v) is 5.06. The average molecular weight is 300 g/mol. The molecule has 0 spiro atoms. The van der Waals surface area contributed by atoms with E-state index < -0.39 is 9.05 Å². The molecule has 3 rings (SSSR count). The first-order valence-corrected chi connectivity index (χ1v) is 8.61. The molecular formula is C13H14ClNO3S. The molecule has 6 heteroatoms. The summed E-state index contributed by atoms with van der Waals surface area (Å²) in [5.41, 5.74) is 1.99. The molecule has 0 radical (unpaired) electrons. The van der Waals surface area contributed by atoms with Gasteiger partial charge in [0.2, 0.25) is 5.91 Å². The maximum atomic E-state index is 12.0. The van der Waals surface area contributed by atoms with Crippen LogP contribution >= 0.6 is 10.7 Å². The maximum absolute atomic E-state index is 12.0. The van der Waals surface area contributed by atoms with Gasteiger partial charge in [0.15, 0.2) is 0 Å². The lowest BCUT2D eigenvalue weighted by Crippen LogP contribution is -2.36. The Bertz CT molecular complexity index is 637. The summed E-state index contributed by atoms with van der Waals surface area (Å²) in [6, 6.07) is 4.89. The largest absolute Gasteiger partial charge is 0.338 e. The van der Waals surface area contributed by atoms with Gasteiger partial charge in [-0.05, 0) is 42.5 Å². The number of rotatable bonds is 2. The molecule has 1 saturated carbocycles. The highest BCUT2D eigenvalue weighted by atomic mass is 35.7. The van der Waals surface area contributed by atoms with Crippen molar-refractivity contribution in [3.63, 3.8) is 0 Å². The number of nitrogens with zero attached hydrogens (tertiary/aromatic N) is 1. The van der Waals surface area contributed by atoms with E-state index in [1.165, 1.54) is 6.07 Å². The van der Waals surface area contributed by atoms with Crippen molar-refractivity contribution in [3.05, 3.63) is 29.3 Å². The molecular weight excluding hydrogens is 286 g/mol. The highest BCUT2D eigenvalue weighted by Crippen LogP contribution is 2.33. The number of hydrogen-bond donors (Lipinski definition) is 0. The second-order valence-corrected chi connectivity index (χ2v) is 7.72. The smallest absolute Gasteiger partial charge is 0.261 e. The fourth-order valence-corrected chi connectivity index (χ4v) is 3.26. The summed E-state index contributed by atoms with van der Waals surface area (Å²) in [5.74, 6) is 0.462. The highest BCUT2D eigenvalue weighted by Gasteiger charge is 2.34. The standard InChI is InChI=1S/C13H14ClNO3S/c14-19(17,18)12-4-3-11-8-15(6-5-10(11)7-12)13(16)9-1-2-9/h3-4,7,9H,1-2,5-6,8H2. The van der Waals surface area contributed by atoms with Crippen LogP contribution in [-0.2, 0) is 26.8 Å². The molecule has 19 heavy (non-hydrogen) atoms. The zero-order chi connectivity index (χ0) is 13.6. The van der Waals surface area contributed by atoms with Gasteiger partial charge >= 0.3 is 0 Å². The minimum atomic E-state index is -3.68. The predicted molar refractivity (Wildman–Crippen MR) is 71.3 cm³/mol. The Morgan fingerprint density at radius 2 is 2.00 bits per heavy atom. The first-order chi connectivity index (χ1) is 8.95. The SMILES string of the molecule is O=C(C1CC1)N1CCc2cc(S(=O)(=O)Cl)ccc2C1. The van der Waals surface area contributed by atoms with Gasteiger partial charge in [-0.3, -0.25) is 4.79 Å². The molecule has 1 aromatic carbocycles. The summed E-state index contributed by atoms with van der Waals surface area (Å²) < 4.78 is 22.6. The van der Waals surface area contributed by atoms with Gasteiger partial charge in [0.1, 0.15) is 0 Å². The summed E-state index contributed by atoms with van der Waals surface area (Å²) in [7, 11) is 1.66. The molecule has 1 amide bonds. The summed E-state index contributed by atoms with van der Waals surface area (Å²) in [6.07, 6.45) is 2.70. The third kappa shape index (κ3) is 2.62. The van der Waals surface area contributed by atoms with E-state index in [-0.39, 0.29) is 16.7 Å². The molecule has 1 heterocycles. The van der Waals surface area contributed by atoms with Crippen LogP contribution in [0.25, 0.3) is 0 Å². The lowest BCUT2D eigenvalue weighted by Gasteiger charge is -2.29. The minimum Gasteiger partial charge on any atom is -0.338 e. The van der Waals surface area contributed by atoms with Crippen LogP contribution in [0.4, 0.5) is 0 Å². The fraction of sp³-hybridized carbons (Fsp3) is 0.462. The molecule has 0 saturated heterocycles. The van der Waals surface area contributed by atoms with Crippen molar-refractivity contribution in [3.8, 4) is 0 Å². The van der Waals surface area contributed by atoms with Gasteiger partial charge in [0.25, 0.3) is 9.05 Å². The van der Waals surface area contributed by atoms with Gasteiger partial charge < -0.3 is 4.90 Å². The summed E-state index contributed by atoms with van der Waals surface area (Å²) in [6.45, 7) is 1.24. The number of benzene rings is 1. The van der Waals surface area contributed by atoms with Gasteiger partial charge in [0.05, 0.1) is 4.90 Å². The molecule has 0 aromatic heterocycles. The van der Waals surface area contributed by atoms with E-state index in [1.54, 1.807) is 12.1 Å². The van der Waals surface area contributed by atoms with Crippen LogP contribution in [0.5, 0.6) is 0 Å². The van der Waals surface area contributed by atoms with Crippen LogP contribution in [0.15, 0.2) is 23.1 Å². The third-order valence-electron chi connectivity index (χ3n) is 3.71. The zero-order valence-electron chi connectivity index (χ0n) is 10.3. The Balaban J connectivity index is 1.84. The molecule has 4 nitrogen and oxygen atoms in total. The molecule has 1 aromatic rings. The number of carbonyl (C=O) groups is 1. The first kappa shape index (κ1) is 12.9. The van der Waals surface area contributed by atoms with Crippen LogP contribution in [0.3, 0.4) is 0 Å². The summed E-state index contributed by atoms with van der Waals surface area (Å²) >= 11 is 0. The summed E-state index contributed by atoms with van der Waals surface area (Å²) in [5, 5.41) is 0. The number of amides is 1. The van der Waals surface area contributed by atoms with Gasteiger partial charge in [-0.25, -0.2) is 8.42 Å². The van der Waals surface area contributed by atoms with Crippen molar-refractivity contribution in [2.45, 2.75) is 30.7 Å². The minimum absolute atomic E-state index is 0.134. The number of fused-ring (bicyclic) bond motifs is 1. The molecule has 1 aliphatic heterocycles. The van der Waals surface area contributed by atoms with Gasteiger partial charge in [0, 0.05) is 29.7 Å². The van der Waals surface area contributed by atoms with Crippen molar-refractivity contribution >= 4 is 25.6 Å². The van der Waals surface area contributed by atoms with Gasteiger partial charge in [-0.15, -0.1) is 0 Å².